The molecule has 0 radical (unpaired) electrons. The largest absolute Gasteiger partial charge is 0.493 e. The molecule has 0 bridgehead atoms. The molecule has 0 saturated heterocycles. The van der Waals surface area contributed by atoms with Crippen molar-refractivity contribution in [3.05, 3.63) is 83.7 Å². The molecule has 0 saturated carbocycles. The van der Waals surface area contributed by atoms with Gasteiger partial charge in [-0.1, -0.05) is 42.5 Å². The number of carbonyl (C=O) groups excluding carboxylic acids is 1. The number of nitrogens with zero attached hydrogens (tertiary/aromatic N) is 3. The molecule has 30 heavy (non-hydrogen) atoms. The summed E-state index contributed by atoms with van der Waals surface area (Å²) in [5, 5.41) is 9.93. The molecule has 8 heteroatoms. The molecule has 1 heterocycles. The van der Waals surface area contributed by atoms with Crippen LogP contribution in [0.1, 0.15) is 23.1 Å². The van der Waals surface area contributed by atoms with E-state index in [1.165, 1.54) is 5.56 Å². The fraction of sp³-hybridized carbons (Fsp3) is 0.227. The average Bonchev–Trinajstić information content (AvgIpc) is 3.27. The molecule has 0 aliphatic rings. The number of amides is 1. The second-order valence-corrected chi connectivity index (χ2v) is 6.79. The number of benzene rings is 2. The van der Waals surface area contributed by atoms with Crippen LogP contribution in [0.2, 0.25) is 0 Å². The zero-order valence-electron chi connectivity index (χ0n) is 16.7. The molecular formula is C22H26N6O2. The van der Waals surface area contributed by atoms with Crippen molar-refractivity contribution in [1.29, 1.82) is 0 Å². The molecule has 2 aromatic carbocycles. The molecule has 5 N–H and O–H groups in total. The van der Waals surface area contributed by atoms with E-state index >= 15 is 0 Å². The number of ether oxygens (including phenoxy) is 1. The molecule has 1 amide bonds. The van der Waals surface area contributed by atoms with Crippen LogP contribution in [0.15, 0.2) is 72.1 Å². The van der Waals surface area contributed by atoms with Crippen LogP contribution in [0.5, 0.6) is 5.75 Å². The molecule has 156 valence electrons. The first-order chi connectivity index (χ1) is 14.6. The van der Waals surface area contributed by atoms with Gasteiger partial charge in [-0.25, -0.2) is 0 Å². The number of carbonyl (C=O) groups is 1. The first-order valence-electron chi connectivity index (χ1n) is 9.73. The van der Waals surface area contributed by atoms with E-state index in [1.807, 2.05) is 53.3 Å². The van der Waals surface area contributed by atoms with Gasteiger partial charge in [-0.05, 0) is 35.2 Å². The summed E-state index contributed by atoms with van der Waals surface area (Å²) in [5.74, 6) is 5.46. The van der Waals surface area contributed by atoms with E-state index < -0.39 is 0 Å². The Morgan fingerprint density at radius 3 is 2.67 bits per heavy atom. The predicted molar refractivity (Wildman–Crippen MR) is 116 cm³/mol. The molecule has 3 aromatic rings. The van der Waals surface area contributed by atoms with E-state index in [2.05, 4.69) is 27.6 Å². The zero-order valence-corrected chi connectivity index (χ0v) is 16.7. The number of rotatable bonds is 9. The van der Waals surface area contributed by atoms with Gasteiger partial charge in [0.15, 0.2) is 0 Å². The maximum absolute atomic E-state index is 12.0. The zero-order chi connectivity index (χ0) is 21.2. The molecule has 8 nitrogen and oxygen atoms in total. The van der Waals surface area contributed by atoms with Gasteiger partial charge in [0.1, 0.15) is 5.75 Å². The second kappa shape index (κ2) is 10.7. The summed E-state index contributed by atoms with van der Waals surface area (Å²) in [6.07, 6.45) is 5.21. The molecule has 0 unspecified atom stereocenters. The van der Waals surface area contributed by atoms with Crippen LogP contribution in [-0.2, 0) is 24.2 Å². The lowest BCUT2D eigenvalue weighted by atomic mass is 10.1. The van der Waals surface area contributed by atoms with Gasteiger partial charge in [0.05, 0.1) is 13.2 Å². The molecular weight excluding hydrogens is 380 g/mol. The lowest BCUT2D eigenvalue weighted by molar-refractivity contribution is -0.119. The second-order valence-electron chi connectivity index (χ2n) is 6.79. The van der Waals surface area contributed by atoms with Gasteiger partial charge < -0.3 is 16.3 Å². The number of hydrogen-bond acceptors (Lipinski definition) is 5. The van der Waals surface area contributed by atoms with Gasteiger partial charge in [0.25, 0.3) is 0 Å². The Bertz CT molecular complexity index is 971. The van der Waals surface area contributed by atoms with Gasteiger partial charge in [0, 0.05) is 25.2 Å². The van der Waals surface area contributed by atoms with Gasteiger partial charge in [0.2, 0.25) is 11.9 Å². The van der Waals surface area contributed by atoms with Crippen LogP contribution in [-0.4, -0.2) is 28.3 Å². The number of aryl methyl sites for hydroxylation is 1. The van der Waals surface area contributed by atoms with E-state index in [0.29, 0.717) is 19.6 Å². The minimum absolute atomic E-state index is 0.103. The van der Waals surface area contributed by atoms with Gasteiger partial charge in [-0.3, -0.25) is 14.8 Å². The van der Waals surface area contributed by atoms with E-state index in [9.17, 15) is 4.79 Å². The Labute approximate surface area is 175 Å². The third kappa shape index (κ3) is 6.37. The quantitative estimate of drug-likeness (QED) is 0.217. The van der Waals surface area contributed by atoms with Crippen LogP contribution in [0.3, 0.4) is 0 Å². The van der Waals surface area contributed by atoms with Crippen molar-refractivity contribution in [3.8, 4) is 5.75 Å². The third-order valence-corrected chi connectivity index (χ3v) is 4.55. The lowest BCUT2D eigenvalue weighted by Crippen LogP contribution is -2.37. The van der Waals surface area contributed by atoms with E-state index in [0.717, 1.165) is 23.3 Å². The normalized spacial score (nSPS) is 11.3. The van der Waals surface area contributed by atoms with Crippen LogP contribution < -0.4 is 21.6 Å². The molecule has 0 spiro atoms. The van der Waals surface area contributed by atoms with Crippen molar-refractivity contribution in [2.24, 2.45) is 16.7 Å². The Kier molecular flexibility index (Phi) is 7.43. The lowest BCUT2D eigenvalue weighted by Gasteiger charge is -2.14. The van der Waals surface area contributed by atoms with E-state index in [4.69, 9.17) is 16.3 Å². The minimum atomic E-state index is -0.252. The topological polar surface area (TPSA) is 121 Å². The fourth-order valence-corrected chi connectivity index (χ4v) is 3.03. The van der Waals surface area contributed by atoms with Crippen LogP contribution in [0.4, 0.5) is 0 Å². The highest BCUT2D eigenvalue weighted by Crippen LogP contribution is 2.23. The van der Waals surface area contributed by atoms with Gasteiger partial charge in [-0.2, -0.15) is 5.10 Å². The molecule has 0 aliphatic heterocycles. The average molecular weight is 406 g/mol. The Hall–Kier alpha value is -3.81. The van der Waals surface area contributed by atoms with Crippen molar-refractivity contribution in [2.45, 2.75) is 25.8 Å². The number of guanidine groups is 1. The van der Waals surface area contributed by atoms with Crippen LogP contribution in [0, 0.1) is 0 Å². The Morgan fingerprint density at radius 1 is 1.10 bits per heavy atom. The summed E-state index contributed by atoms with van der Waals surface area (Å²) in [7, 11) is 0. The van der Waals surface area contributed by atoms with E-state index in [-0.39, 0.29) is 18.3 Å². The first kappa shape index (κ1) is 20.9. The van der Waals surface area contributed by atoms with Crippen LogP contribution in [0.25, 0.3) is 0 Å². The number of hydrazone groups is 1. The summed E-state index contributed by atoms with van der Waals surface area (Å²) in [6, 6.07) is 18.1. The minimum Gasteiger partial charge on any atom is -0.493 e. The summed E-state index contributed by atoms with van der Waals surface area (Å²) < 4.78 is 7.96. The highest BCUT2D eigenvalue weighted by molar-refractivity contribution is 5.96. The smallest absolute Gasteiger partial charge is 0.227 e. The van der Waals surface area contributed by atoms with Crippen molar-refractivity contribution in [3.63, 3.8) is 0 Å². The molecule has 3 rings (SSSR count). The molecule has 0 aliphatic carbocycles. The number of nitrogens with one attached hydrogen (secondary N) is 1. The maximum atomic E-state index is 12.0. The van der Waals surface area contributed by atoms with Crippen molar-refractivity contribution in [1.82, 2.24) is 15.1 Å². The molecule has 1 aromatic heterocycles. The monoisotopic (exact) mass is 406 g/mol. The van der Waals surface area contributed by atoms with Gasteiger partial charge >= 0.3 is 0 Å². The Balaban J connectivity index is 1.68. The van der Waals surface area contributed by atoms with Crippen molar-refractivity contribution in [2.75, 3.05) is 6.61 Å². The Morgan fingerprint density at radius 2 is 1.93 bits per heavy atom. The number of aromatic nitrogens is 2. The highest BCUT2D eigenvalue weighted by atomic mass is 16.5. The van der Waals surface area contributed by atoms with Gasteiger partial charge in [-0.15, -0.1) is 5.10 Å². The summed E-state index contributed by atoms with van der Waals surface area (Å²) in [4.78, 5) is 12.0. The van der Waals surface area contributed by atoms with Crippen LogP contribution >= 0.6 is 0 Å². The predicted octanol–water partition coefficient (Wildman–Crippen LogP) is 1.79. The number of hydrogen-bond donors (Lipinski definition) is 3. The molecule has 0 fully saturated rings. The maximum Gasteiger partial charge on any atom is 0.227 e. The van der Waals surface area contributed by atoms with Crippen molar-refractivity contribution < 1.29 is 9.53 Å². The summed E-state index contributed by atoms with van der Waals surface area (Å²) >= 11 is 0. The number of nitrogens with two attached hydrogens (primary N) is 2. The highest BCUT2D eigenvalue weighted by Gasteiger charge is 2.10. The summed E-state index contributed by atoms with van der Waals surface area (Å²) in [5.41, 5.74) is 8.67. The first-order valence-corrected chi connectivity index (χ1v) is 9.73. The SMILES string of the molecule is N/N=C(\N)NC(=O)CCc1ccc(Cn2cccn2)cc1OCCc1ccccc1. The standard InChI is InChI=1S/C22H26N6O2/c23-22(27-24)26-21(29)10-9-19-8-7-18(16-28-13-4-12-25-28)15-20(19)30-14-11-17-5-2-1-3-6-17/h1-8,12-13,15H,9-11,14,16,24H2,(H3,23,26,27,29). The fourth-order valence-electron chi connectivity index (χ4n) is 3.03. The molecule has 0 atom stereocenters. The summed E-state index contributed by atoms with van der Waals surface area (Å²) in [6.45, 7) is 1.19. The third-order valence-electron chi connectivity index (χ3n) is 4.55. The van der Waals surface area contributed by atoms with Crippen molar-refractivity contribution >= 4 is 11.9 Å². The van der Waals surface area contributed by atoms with E-state index in [1.54, 1.807) is 6.20 Å².